The molecular formula is C8H9FN2O. The number of aromatic nitrogens is 1. The summed E-state index contributed by atoms with van der Waals surface area (Å²) in [6, 6.07) is 2.18. The molecule has 0 amide bonds. The largest absolute Gasteiger partial charge is 0.321 e. The van der Waals surface area contributed by atoms with Gasteiger partial charge in [-0.15, -0.1) is 0 Å². The van der Waals surface area contributed by atoms with E-state index in [-0.39, 0.29) is 5.56 Å². The molecule has 0 saturated heterocycles. The van der Waals surface area contributed by atoms with Crippen molar-refractivity contribution in [3.63, 3.8) is 0 Å². The van der Waals surface area contributed by atoms with Crippen LogP contribution < -0.4 is 5.73 Å². The van der Waals surface area contributed by atoms with Gasteiger partial charge in [-0.3, -0.25) is 4.79 Å². The summed E-state index contributed by atoms with van der Waals surface area (Å²) in [6.45, 7) is 1.51. The van der Waals surface area contributed by atoms with Crippen molar-refractivity contribution in [2.24, 2.45) is 5.73 Å². The van der Waals surface area contributed by atoms with Crippen molar-refractivity contribution < 1.29 is 9.18 Å². The SMILES string of the molecule is CC(N)C(=O)c1cccnc1F. The molecule has 0 radical (unpaired) electrons. The molecule has 4 heteroatoms. The maximum atomic E-state index is 12.8. The summed E-state index contributed by atoms with van der Waals surface area (Å²) in [5.41, 5.74) is 5.24. The van der Waals surface area contributed by atoms with Gasteiger partial charge < -0.3 is 5.73 Å². The van der Waals surface area contributed by atoms with E-state index in [0.717, 1.165) is 0 Å². The molecule has 0 aliphatic rings. The molecule has 1 aromatic heterocycles. The Hall–Kier alpha value is -1.29. The Bertz CT molecular complexity index is 299. The number of nitrogens with zero attached hydrogens (tertiary/aromatic N) is 1. The first-order valence-corrected chi connectivity index (χ1v) is 3.53. The van der Waals surface area contributed by atoms with Gasteiger partial charge in [0.2, 0.25) is 5.95 Å². The molecule has 0 aliphatic carbocycles. The quantitative estimate of drug-likeness (QED) is 0.523. The summed E-state index contributed by atoms with van der Waals surface area (Å²) in [6.07, 6.45) is 1.29. The molecule has 1 rings (SSSR count). The molecule has 2 N–H and O–H groups in total. The van der Waals surface area contributed by atoms with E-state index in [1.807, 2.05) is 0 Å². The average molecular weight is 168 g/mol. The second-order valence-corrected chi connectivity index (χ2v) is 2.49. The van der Waals surface area contributed by atoms with E-state index >= 15 is 0 Å². The molecule has 1 heterocycles. The van der Waals surface area contributed by atoms with Gasteiger partial charge in [-0.1, -0.05) is 0 Å². The van der Waals surface area contributed by atoms with Crippen LogP contribution in [0.15, 0.2) is 18.3 Å². The number of hydrogen-bond acceptors (Lipinski definition) is 3. The third-order valence-corrected chi connectivity index (χ3v) is 1.44. The van der Waals surface area contributed by atoms with Gasteiger partial charge in [0.05, 0.1) is 11.6 Å². The van der Waals surface area contributed by atoms with Gasteiger partial charge in [-0.2, -0.15) is 4.39 Å². The fourth-order valence-corrected chi connectivity index (χ4v) is 0.815. The van der Waals surface area contributed by atoms with E-state index < -0.39 is 17.8 Å². The fraction of sp³-hybridized carbons (Fsp3) is 0.250. The Morgan fingerprint density at radius 3 is 2.92 bits per heavy atom. The van der Waals surface area contributed by atoms with E-state index in [2.05, 4.69) is 4.98 Å². The number of nitrogens with two attached hydrogens (primary N) is 1. The number of carbonyl (C=O) groups excluding carboxylic acids is 1. The lowest BCUT2D eigenvalue weighted by molar-refractivity contribution is 0.0963. The van der Waals surface area contributed by atoms with Crippen molar-refractivity contribution in [1.82, 2.24) is 4.98 Å². The lowest BCUT2D eigenvalue weighted by Gasteiger charge is -2.03. The van der Waals surface area contributed by atoms with Gasteiger partial charge in [0.15, 0.2) is 5.78 Å². The lowest BCUT2D eigenvalue weighted by Crippen LogP contribution is -2.27. The lowest BCUT2D eigenvalue weighted by atomic mass is 10.1. The first-order valence-electron chi connectivity index (χ1n) is 3.53. The maximum Gasteiger partial charge on any atom is 0.223 e. The molecule has 0 saturated carbocycles. The minimum Gasteiger partial charge on any atom is -0.321 e. The molecular weight excluding hydrogens is 159 g/mol. The number of ketones is 1. The molecule has 0 spiro atoms. The minimum absolute atomic E-state index is 0.0486. The smallest absolute Gasteiger partial charge is 0.223 e. The molecule has 0 aliphatic heterocycles. The monoisotopic (exact) mass is 168 g/mol. The molecule has 0 bridgehead atoms. The van der Waals surface area contributed by atoms with Crippen LogP contribution in [0.2, 0.25) is 0 Å². The number of hydrogen-bond donors (Lipinski definition) is 1. The van der Waals surface area contributed by atoms with Gasteiger partial charge in [0.25, 0.3) is 0 Å². The van der Waals surface area contributed by atoms with E-state index in [1.165, 1.54) is 25.3 Å². The summed E-state index contributed by atoms with van der Waals surface area (Å²) >= 11 is 0. The van der Waals surface area contributed by atoms with Gasteiger partial charge in [-0.05, 0) is 19.1 Å². The van der Waals surface area contributed by atoms with Crippen molar-refractivity contribution in [3.05, 3.63) is 29.8 Å². The Morgan fingerprint density at radius 1 is 1.75 bits per heavy atom. The van der Waals surface area contributed by atoms with Gasteiger partial charge in [0, 0.05) is 6.20 Å². The molecule has 64 valence electrons. The molecule has 0 fully saturated rings. The number of rotatable bonds is 2. The third-order valence-electron chi connectivity index (χ3n) is 1.44. The molecule has 12 heavy (non-hydrogen) atoms. The van der Waals surface area contributed by atoms with E-state index in [9.17, 15) is 9.18 Å². The molecule has 1 aromatic rings. The van der Waals surface area contributed by atoms with Crippen LogP contribution in [0.3, 0.4) is 0 Å². The van der Waals surface area contributed by atoms with Crippen LogP contribution in [0, 0.1) is 5.95 Å². The average Bonchev–Trinajstić information content (AvgIpc) is 2.04. The zero-order valence-corrected chi connectivity index (χ0v) is 6.62. The predicted octanol–water partition coefficient (Wildman–Crippen LogP) is 0.751. The number of Topliss-reactive ketones (excluding diaryl/α,β-unsaturated/α-hetero) is 1. The van der Waals surface area contributed by atoms with Crippen LogP contribution in [-0.4, -0.2) is 16.8 Å². The molecule has 1 atom stereocenters. The molecule has 3 nitrogen and oxygen atoms in total. The van der Waals surface area contributed by atoms with Crippen LogP contribution in [0.1, 0.15) is 17.3 Å². The summed E-state index contributed by atoms with van der Waals surface area (Å²) in [5, 5.41) is 0. The summed E-state index contributed by atoms with van der Waals surface area (Å²) in [4.78, 5) is 14.5. The van der Waals surface area contributed by atoms with Crippen molar-refractivity contribution in [2.75, 3.05) is 0 Å². The Labute approximate surface area is 69.4 Å². The van der Waals surface area contributed by atoms with Gasteiger partial charge >= 0.3 is 0 Å². The van der Waals surface area contributed by atoms with Gasteiger partial charge in [-0.25, -0.2) is 4.98 Å². The summed E-state index contributed by atoms with van der Waals surface area (Å²) in [5.74, 6) is -1.19. The second-order valence-electron chi connectivity index (χ2n) is 2.49. The second kappa shape index (κ2) is 3.40. The first kappa shape index (κ1) is 8.80. The van der Waals surface area contributed by atoms with E-state index in [1.54, 1.807) is 0 Å². The predicted molar refractivity (Wildman–Crippen MR) is 42.2 cm³/mol. The number of pyridine rings is 1. The Kier molecular flexibility index (Phi) is 2.50. The molecule has 1 unspecified atom stereocenters. The summed E-state index contributed by atoms with van der Waals surface area (Å²) < 4.78 is 12.8. The topological polar surface area (TPSA) is 56.0 Å². The highest BCUT2D eigenvalue weighted by Gasteiger charge is 2.15. The van der Waals surface area contributed by atoms with Gasteiger partial charge in [0.1, 0.15) is 0 Å². The van der Waals surface area contributed by atoms with E-state index in [4.69, 9.17) is 5.73 Å². The summed E-state index contributed by atoms with van der Waals surface area (Å²) in [7, 11) is 0. The van der Waals surface area contributed by atoms with Crippen LogP contribution in [-0.2, 0) is 0 Å². The van der Waals surface area contributed by atoms with E-state index in [0.29, 0.717) is 0 Å². The Balaban J connectivity index is 3.03. The molecule has 0 aromatic carbocycles. The van der Waals surface area contributed by atoms with Crippen molar-refractivity contribution >= 4 is 5.78 Å². The zero-order chi connectivity index (χ0) is 9.14. The van der Waals surface area contributed by atoms with Crippen molar-refractivity contribution in [1.29, 1.82) is 0 Å². The minimum atomic E-state index is -0.764. The first-order chi connectivity index (χ1) is 5.63. The van der Waals surface area contributed by atoms with Crippen LogP contribution in [0.5, 0.6) is 0 Å². The number of halogens is 1. The zero-order valence-electron chi connectivity index (χ0n) is 6.62. The normalized spacial score (nSPS) is 12.6. The third kappa shape index (κ3) is 1.65. The van der Waals surface area contributed by atoms with Crippen LogP contribution in [0.4, 0.5) is 4.39 Å². The highest BCUT2D eigenvalue weighted by atomic mass is 19.1. The highest BCUT2D eigenvalue weighted by molar-refractivity contribution is 5.99. The van der Waals surface area contributed by atoms with Crippen molar-refractivity contribution in [3.8, 4) is 0 Å². The highest BCUT2D eigenvalue weighted by Crippen LogP contribution is 2.05. The fourth-order valence-electron chi connectivity index (χ4n) is 0.815. The van der Waals surface area contributed by atoms with Crippen LogP contribution >= 0.6 is 0 Å². The standard InChI is InChI=1S/C8H9FN2O/c1-5(10)7(12)6-3-2-4-11-8(6)9/h2-5H,10H2,1H3. The Morgan fingerprint density at radius 2 is 2.42 bits per heavy atom. The van der Waals surface area contributed by atoms with Crippen molar-refractivity contribution in [2.45, 2.75) is 13.0 Å². The number of carbonyl (C=O) groups is 1. The van der Waals surface area contributed by atoms with Crippen LogP contribution in [0.25, 0.3) is 0 Å². The maximum absolute atomic E-state index is 12.8.